The molecule has 3 aromatic carbocycles. The first-order chi connectivity index (χ1) is 11.8. The lowest BCUT2D eigenvalue weighted by Gasteiger charge is -2.16. The van der Waals surface area contributed by atoms with E-state index < -0.39 is 0 Å². The van der Waals surface area contributed by atoms with Gasteiger partial charge in [-0.25, -0.2) is 0 Å². The molecule has 0 bridgehead atoms. The lowest BCUT2D eigenvalue weighted by atomic mass is 10.00. The van der Waals surface area contributed by atoms with Gasteiger partial charge in [0.15, 0.2) is 0 Å². The van der Waals surface area contributed by atoms with Crippen molar-refractivity contribution in [2.45, 2.75) is 17.9 Å². The van der Waals surface area contributed by atoms with Crippen LogP contribution in [0.5, 0.6) is 5.75 Å². The molecule has 1 atom stereocenters. The molecule has 3 heteroatoms. The van der Waals surface area contributed by atoms with Gasteiger partial charge < -0.3 is 10.1 Å². The lowest BCUT2D eigenvalue weighted by Crippen LogP contribution is -2.21. The van der Waals surface area contributed by atoms with Gasteiger partial charge in [0, 0.05) is 23.2 Å². The molecule has 24 heavy (non-hydrogen) atoms. The van der Waals surface area contributed by atoms with Crippen molar-refractivity contribution in [1.82, 2.24) is 5.32 Å². The fraction of sp³-hybridized carbons (Fsp3) is 0.238. The first-order valence-electron chi connectivity index (χ1n) is 8.26. The highest BCUT2D eigenvalue weighted by Crippen LogP contribution is 2.28. The van der Waals surface area contributed by atoms with Crippen molar-refractivity contribution in [3.8, 4) is 5.75 Å². The molecule has 1 N–H and O–H groups in total. The summed E-state index contributed by atoms with van der Waals surface area (Å²) in [6.07, 6.45) is 0. The molecule has 3 rings (SSSR count). The van der Waals surface area contributed by atoms with Gasteiger partial charge in [-0.2, -0.15) is 0 Å². The Bertz CT molecular complexity index is 797. The molecule has 0 heterocycles. The molecular weight excluding hydrogens is 314 g/mol. The number of benzene rings is 3. The molecule has 0 aliphatic rings. The zero-order valence-corrected chi connectivity index (χ0v) is 15.0. The summed E-state index contributed by atoms with van der Waals surface area (Å²) < 4.78 is 5.40. The summed E-state index contributed by atoms with van der Waals surface area (Å²) in [5, 5.41) is 6.27. The van der Waals surface area contributed by atoms with Gasteiger partial charge in [0.1, 0.15) is 5.75 Å². The van der Waals surface area contributed by atoms with E-state index in [-0.39, 0.29) is 0 Å². The number of thioether (sulfide) groups is 1. The van der Waals surface area contributed by atoms with Gasteiger partial charge in [-0.3, -0.25) is 0 Å². The molecule has 3 aromatic rings. The molecule has 0 radical (unpaired) electrons. The first-order valence-corrected chi connectivity index (χ1v) is 9.25. The van der Waals surface area contributed by atoms with Gasteiger partial charge in [0.25, 0.3) is 0 Å². The van der Waals surface area contributed by atoms with Crippen LogP contribution in [0.15, 0.2) is 71.6 Å². The van der Waals surface area contributed by atoms with E-state index in [9.17, 15) is 0 Å². The highest BCUT2D eigenvalue weighted by atomic mass is 32.2. The first kappa shape index (κ1) is 16.9. The molecule has 0 spiro atoms. The van der Waals surface area contributed by atoms with Crippen molar-refractivity contribution in [3.63, 3.8) is 0 Å². The number of ether oxygens (including phenoxy) is 1. The van der Waals surface area contributed by atoms with E-state index in [2.05, 4.69) is 66.8 Å². The Morgan fingerprint density at radius 3 is 2.58 bits per heavy atom. The fourth-order valence-electron chi connectivity index (χ4n) is 2.91. The SMILES string of the molecule is COc1ccccc1SCCN[C@H](C)c1cccc2ccccc12. The van der Waals surface area contributed by atoms with Crippen LogP contribution < -0.4 is 10.1 Å². The topological polar surface area (TPSA) is 21.3 Å². The van der Waals surface area contributed by atoms with Gasteiger partial charge in [-0.05, 0) is 35.4 Å². The van der Waals surface area contributed by atoms with Crippen molar-refractivity contribution in [3.05, 3.63) is 72.3 Å². The second-order valence-corrected chi connectivity index (χ2v) is 6.88. The third-order valence-corrected chi connectivity index (χ3v) is 5.23. The third-order valence-electron chi connectivity index (χ3n) is 4.17. The number of rotatable bonds is 7. The van der Waals surface area contributed by atoms with E-state index in [0.717, 1.165) is 18.0 Å². The van der Waals surface area contributed by atoms with E-state index in [4.69, 9.17) is 4.74 Å². The van der Waals surface area contributed by atoms with Gasteiger partial charge >= 0.3 is 0 Å². The molecule has 0 aromatic heterocycles. The standard InChI is InChI=1S/C21H23NOS/c1-16(18-11-7-9-17-8-3-4-10-19(17)18)22-14-15-24-21-13-6-5-12-20(21)23-2/h3-13,16,22H,14-15H2,1-2H3/t16-/m1/s1. The Kier molecular flexibility index (Phi) is 5.78. The molecule has 2 nitrogen and oxygen atoms in total. The Morgan fingerprint density at radius 1 is 0.958 bits per heavy atom. The van der Waals surface area contributed by atoms with Crippen molar-refractivity contribution in [2.75, 3.05) is 19.4 Å². The van der Waals surface area contributed by atoms with E-state index in [0.29, 0.717) is 6.04 Å². The number of methoxy groups -OCH3 is 1. The average molecular weight is 337 g/mol. The number of para-hydroxylation sites is 1. The molecule has 0 aliphatic heterocycles. The predicted octanol–water partition coefficient (Wildman–Crippen LogP) is 5.29. The van der Waals surface area contributed by atoms with E-state index in [1.807, 2.05) is 23.9 Å². The van der Waals surface area contributed by atoms with Crippen LogP contribution in [0.1, 0.15) is 18.5 Å². The second kappa shape index (κ2) is 8.22. The van der Waals surface area contributed by atoms with Crippen LogP contribution in [0.25, 0.3) is 10.8 Å². The quantitative estimate of drug-likeness (QED) is 0.467. The number of hydrogen-bond acceptors (Lipinski definition) is 3. The normalized spacial score (nSPS) is 12.2. The summed E-state index contributed by atoms with van der Waals surface area (Å²) in [6.45, 7) is 3.18. The minimum Gasteiger partial charge on any atom is -0.496 e. The summed E-state index contributed by atoms with van der Waals surface area (Å²) in [4.78, 5) is 1.19. The number of hydrogen-bond donors (Lipinski definition) is 1. The van der Waals surface area contributed by atoms with Gasteiger partial charge in [0.05, 0.1) is 7.11 Å². The summed E-state index contributed by atoms with van der Waals surface area (Å²) in [7, 11) is 1.72. The molecule has 124 valence electrons. The smallest absolute Gasteiger partial charge is 0.132 e. The van der Waals surface area contributed by atoms with E-state index in [1.165, 1.54) is 21.2 Å². The summed E-state index contributed by atoms with van der Waals surface area (Å²) >= 11 is 1.82. The Balaban J connectivity index is 1.58. The zero-order chi connectivity index (χ0) is 16.8. The molecular formula is C21H23NOS. The molecule has 0 unspecified atom stereocenters. The summed E-state index contributed by atoms with van der Waals surface area (Å²) in [5.74, 6) is 1.96. The van der Waals surface area contributed by atoms with Gasteiger partial charge in [0.2, 0.25) is 0 Å². The van der Waals surface area contributed by atoms with Crippen LogP contribution in [0.4, 0.5) is 0 Å². The molecule has 0 amide bonds. The van der Waals surface area contributed by atoms with Crippen LogP contribution in [0.2, 0.25) is 0 Å². The summed E-state index contributed by atoms with van der Waals surface area (Å²) in [6, 6.07) is 23.6. The van der Waals surface area contributed by atoms with Crippen LogP contribution in [-0.4, -0.2) is 19.4 Å². The molecule has 0 saturated carbocycles. The molecule has 0 aliphatic carbocycles. The van der Waals surface area contributed by atoms with E-state index in [1.54, 1.807) is 7.11 Å². The molecule has 0 fully saturated rings. The highest BCUT2D eigenvalue weighted by Gasteiger charge is 2.08. The monoisotopic (exact) mass is 337 g/mol. The Morgan fingerprint density at radius 2 is 1.71 bits per heavy atom. The summed E-state index contributed by atoms with van der Waals surface area (Å²) in [5.41, 5.74) is 1.36. The van der Waals surface area contributed by atoms with Gasteiger partial charge in [-0.15, -0.1) is 11.8 Å². The Hall–Kier alpha value is -1.97. The van der Waals surface area contributed by atoms with Crippen LogP contribution >= 0.6 is 11.8 Å². The number of fused-ring (bicyclic) bond motifs is 1. The van der Waals surface area contributed by atoms with Crippen LogP contribution in [0, 0.1) is 0 Å². The maximum atomic E-state index is 5.40. The molecule has 0 saturated heterocycles. The van der Waals surface area contributed by atoms with Crippen molar-refractivity contribution in [1.29, 1.82) is 0 Å². The second-order valence-electron chi connectivity index (χ2n) is 5.74. The maximum absolute atomic E-state index is 5.40. The lowest BCUT2D eigenvalue weighted by molar-refractivity contribution is 0.405. The Labute approximate surface area is 148 Å². The maximum Gasteiger partial charge on any atom is 0.132 e. The van der Waals surface area contributed by atoms with Crippen LogP contribution in [-0.2, 0) is 0 Å². The minimum absolute atomic E-state index is 0.328. The average Bonchev–Trinajstić information content (AvgIpc) is 2.65. The van der Waals surface area contributed by atoms with Crippen molar-refractivity contribution in [2.24, 2.45) is 0 Å². The van der Waals surface area contributed by atoms with Crippen LogP contribution in [0.3, 0.4) is 0 Å². The highest BCUT2D eigenvalue weighted by molar-refractivity contribution is 7.99. The predicted molar refractivity (Wildman–Crippen MR) is 104 cm³/mol. The minimum atomic E-state index is 0.328. The van der Waals surface area contributed by atoms with Gasteiger partial charge in [-0.1, -0.05) is 54.6 Å². The van der Waals surface area contributed by atoms with E-state index >= 15 is 0 Å². The van der Waals surface area contributed by atoms with Crippen molar-refractivity contribution < 1.29 is 4.74 Å². The largest absolute Gasteiger partial charge is 0.496 e. The zero-order valence-electron chi connectivity index (χ0n) is 14.2. The number of nitrogens with one attached hydrogen (secondary N) is 1. The third kappa shape index (κ3) is 3.92. The van der Waals surface area contributed by atoms with Crippen molar-refractivity contribution >= 4 is 22.5 Å². The fourth-order valence-corrected chi connectivity index (χ4v) is 3.82.